The summed E-state index contributed by atoms with van der Waals surface area (Å²) in [6, 6.07) is 14.1. The second-order valence-electron chi connectivity index (χ2n) is 7.68. The Labute approximate surface area is 187 Å². The van der Waals surface area contributed by atoms with E-state index >= 15 is 0 Å². The number of hydrogen-bond donors (Lipinski definition) is 3. The summed E-state index contributed by atoms with van der Waals surface area (Å²) in [5.74, 6) is -0.344. The van der Waals surface area contributed by atoms with Gasteiger partial charge in [-0.25, -0.2) is 0 Å². The highest BCUT2D eigenvalue weighted by Gasteiger charge is 2.18. The fourth-order valence-electron chi connectivity index (χ4n) is 3.48. The van der Waals surface area contributed by atoms with E-state index in [1.807, 2.05) is 0 Å². The number of nitrogens with zero attached hydrogens (tertiary/aromatic N) is 2. The lowest BCUT2D eigenvalue weighted by atomic mass is 10.1. The molecule has 1 aliphatic heterocycles. The minimum Gasteiger partial charge on any atom is -0.376 e. The molecule has 3 rings (SSSR count). The van der Waals surface area contributed by atoms with Crippen molar-refractivity contribution in [2.45, 2.75) is 25.4 Å². The summed E-state index contributed by atoms with van der Waals surface area (Å²) in [6.45, 7) is 2.28. The third-order valence-corrected chi connectivity index (χ3v) is 5.52. The fourth-order valence-corrected chi connectivity index (χ4v) is 3.67. The normalized spacial score (nSPS) is 14.5. The molecule has 0 bridgehead atoms. The molecule has 2 aromatic rings. The molecular weight excluding hydrogens is 414 g/mol. The van der Waals surface area contributed by atoms with Crippen molar-refractivity contribution in [3.8, 4) is 6.07 Å². The van der Waals surface area contributed by atoms with Gasteiger partial charge >= 0.3 is 0 Å². The molecular formula is C23H26ClN5O2. The minimum absolute atomic E-state index is 0.0918. The first-order valence-corrected chi connectivity index (χ1v) is 10.6. The van der Waals surface area contributed by atoms with Crippen LogP contribution in [-0.2, 0) is 11.3 Å². The van der Waals surface area contributed by atoms with Crippen LogP contribution < -0.4 is 16.0 Å². The third-order valence-electron chi connectivity index (χ3n) is 5.29. The summed E-state index contributed by atoms with van der Waals surface area (Å²) in [4.78, 5) is 27.0. The van der Waals surface area contributed by atoms with Crippen LogP contribution in [0.2, 0.25) is 5.02 Å². The number of benzene rings is 2. The van der Waals surface area contributed by atoms with E-state index in [0.29, 0.717) is 21.8 Å². The predicted octanol–water partition coefficient (Wildman–Crippen LogP) is 2.76. The van der Waals surface area contributed by atoms with Gasteiger partial charge in [-0.05, 0) is 68.9 Å². The fraction of sp³-hybridized carbons (Fsp3) is 0.348. The van der Waals surface area contributed by atoms with Gasteiger partial charge in [0.05, 0.1) is 18.2 Å². The maximum absolute atomic E-state index is 12.4. The molecule has 0 atom stereocenters. The Hall–Kier alpha value is -3.08. The number of hydrogen-bond acceptors (Lipinski definition) is 5. The highest BCUT2D eigenvalue weighted by molar-refractivity contribution is 6.30. The van der Waals surface area contributed by atoms with Crippen molar-refractivity contribution in [2.24, 2.45) is 0 Å². The molecule has 1 saturated heterocycles. The minimum atomic E-state index is -0.252. The average molecular weight is 440 g/mol. The van der Waals surface area contributed by atoms with Crippen molar-refractivity contribution >= 4 is 29.1 Å². The van der Waals surface area contributed by atoms with E-state index in [0.717, 1.165) is 31.5 Å². The van der Waals surface area contributed by atoms with Crippen molar-refractivity contribution < 1.29 is 9.59 Å². The molecule has 162 valence electrons. The molecule has 0 spiro atoms. The van der Waals surface area contributed by atoms with Gasteiger partial charge in [-0.2, -0.15) is 5.26 Å². The van der Waals surface area contributed by atoms with E-state index in [-0.39, 0.29) is 30.9 Å². The first-order valence-electron chi connectivity index (χ1n) is 10.2. The topological polar surface area (TPSA) is 97.3 Å². The van der Waals surface area contributed by atoms with E-state index in [1.165, 1.54) is 0 Å². The van der Waals surface area contributed by atoms with Crippen LogP contribution in [0.15, 0.2) is 42.5 Å². The quantitative estimate of drug-likeness (QED) is 0.616. The Kier molecular flexibility index (Phi) is 7.88. The Morgan fingerprint density at radius 2 is 1.97 bits per heavy atom. The number of rotatable bonds is 7. The van der Waals surface area contributed by atoms with Gasteiger partial charge in [0.1, 0.15) is 0 Å². The lowest BCUT2D eigenvalue weighted by molar-refractivity contribution is -0.120. The highest BCUT2D eigenvalue weighted by atomic mass is 35.5. The van der Waals surface area contributed by atoms with Crippen LogP contribution in [0.4, 0.5) is 5.69 Å². The SMILES string of the molecule is CN1CCC(NC(=O)CNc2cc(C#N)ccc2CNC(=O)c2cccc(Cl)c2)CC1. The van der Waals surface area contributed by atoms with Crippen molar-refractivity contribution in [3.05, 3.63) is 64.2 Å². The lowest BCUT2D eigenvalue weighted by Gasteiger charge is -2.29. The summed E-state index contributed by atoms with van der Waals surface area (Å²) >= 11 is 5.95. The summed E-state index contributed by atoms with van der Waals surface area (Å²) < 4.78 is 0. The van der Waals surface area contributed by atoms with Crippen molar-refractivity contribution in [2.75, 3.05) is 32.0 Å². The molecule has 2 amide bonds. The molecule has 3 N–H and O–H groups in total. The second-order valence-corrected chi connectivity index (χ2v) is 8.11. The number of piperidine rings is 1. The number of nitriles is 1. The largest absolute Gasteiger partial charge is 0.376 e. The van der Waals surface area contributed by atoms with Crippen LogP contribution >= 0.6 is 11.6 Å². The van der Waals surface area contributed by atoms with Gasteiger partial charge in [0.25, 0.3) is 5.91 Å². The molecule has 1 aliphatic rings. The van der Waals surface area contributed by atoms with Gasteiger partial charge in [-0.15, -0.1) is 0 Å². The molecule has 8 heteroatoms. The van der Waals surface area contributed by atoms with E-state index < -0.39 is 0 Å². The van der Waals surface area contributed by atoms with Crippen LogP contribution in [-0.4, -0.2) is 49.4 Å². The van der Waals surface area contributed by atoms with Gasteiger partial charge < -0.3 is 20.9 Å². The monoisotopic (exact) mass is 439 g/mol. The molecule has 1 heterocycles. The number of nitrogens with one attached hydrogen (secondary N) is 3. The maximum atomic E-state index is 12.4. The van der Waals surface area contributed by atoms with Gasteiger partial charge in [0, 0.05) is 28.9 Å². The first kappa shape index (κ1) is 22.6. The van der Waals surface area contributed by atoms with Gasteiger partial charge in [-0.3, -0.25) is 9.59 Å². The molecule has 0 aromatic heterocycles. The average Bonchev–Trinajstić information content (AvgIpc) is 2.77. The second kappa shape index (κ2) is 10.8. The van der Waals surface area contributed by atoms with Gasteiger partial charge in [0.2, 0.25) is 5.91 Å². The number of amides is 2. The molecule has 2 aromatic carbocycles. The van der Waals surface area contributed by atoms with E-state index in [2.05, 4.69) is 34.0 Å². The van der Waals surface area contributed by atoms with Crippen molar-refractivity contribution in [1.82, 2.24) is 15.5 Å². The van der Waals surface area contributed by atoms with E-state index in [1.54, 1.807) is 42.5 Å². The van der Waals surface area contributed by atoms with Crippen LogP contribution in [0.3, 0.4) is 0 Å². The lowest BCUT2D eigenvalue weighted by Crippen LogP contribution is -2.45. The Morgan fingerprint density at radius 3 is 2.68 bits per heavy atom. The summed E-state index contributed by atoms with van der Waals surface area (Å²) in [6.07, 6.45) is 1.87. The Balaban J connectivity index is 1.59. The molecule has 7 nitrogen and oxygen atoms in total. The number of carbonyl (C=O) groups excluding carboxylic acids is 2. The number of anilines is 1. The molecule has 0 radical (unpaired) electrons. The van der Waals surface area contributed by atoms with E-state index in [9.17, 15) is 14.9 Å². The van der Waals surface area contributed by atoms with Crippen molar-refractivity contribution in [1.29, 1.82) is 5.26 Å². The summed E-state index contributed by atoms with van der Waals surface area (Å²) in [7, 11) is 2.08. The smallest absolute Gasteiger partial charge is 0.251 e. The molecule has 31 heavy (non-hydrogen) atoms. The Bertz CT molecular complexity index is 980. The molecule has 1 fully saturated rings. The standard InChI is InChI=1S/C23H26ClN5O2/c1-29-9-7-20(8-10-29)28-22(30)15-26-21-11-16(13-25)5-6-18(21)14-27-23(31)17-3-2-4-19(24)12-17/h2-6,11-12,20,26H,7-10,14-15H2,1H3,(H,27,31)(H,28,30). The third kappa shape index (κ3) is 6.71. The van der Waals surface area contributed by atoms with Gasteiger partial charge in [0.15, 0.2) is 0 Å². The summed E-state index contributed by atoms with van der Waals surface area (Å²) in [5, 5.41) is 18.7. The van der Waals surface area contributed by atoms with Crippen LogP contribution in [0, 0.1) is 11.3 Å². The maximum Gasteiger partial charge on any atom is 0.251 e. The zero-order valence-corrected chi connectivity index (χ0v) is 18.2. The highest BCUT2D eigenvalue weighted by Crippen LogP contribution is 2.18. The van der Waals surface area contributed by atoms with E-state index in [4.69, 9.17) is 11.6 Å². The number of carbonyl (C=O) groups is 2. The zero-order valence-electron chi connectivity index (χ0n) is 17.5. The molecule has 0 aliphatic carbocycles. The number of halogens is 1. The van der Waals surface area contributed by atoms with Crippen molar-refractivity contribution in [3.63, 3.8) is 0 Å². The molecule has 0 saturated carbocycles. The summed E-state index contributed by atoms with van der Waals surface area (Å²) in [5.41, 5.74) is 2.36. The van der Waals surface area contributed by atoms with Crippen LogP contribution in [0.1, 0.15) is 34.3 Å². The van der Waals surface area contributed by atoms with Crippen LogP contribution in [0.5, 0.6) is 0 Å². The molecule has 0 unspecified atom stereocenters. The zero-order chi connectivity index (χ0) is 22.2. The Morgan fingerprint density at radius 1 is 1.19 bits per heavy atom. The predicted molar refractivity (Wildman–Crippen MR) is 121 cm³/mol. The van der Waals surface area contributed by atoms with Crippen LogP contribution in [0.25, 0.3) is 0 Å². The number of likely N-dealkylation sites (tertiary alicyclic amines) is 1. The first-order chi connectivity index (χ1) is 14.9. The van der Waals surface area contributed by atoms with Gasteiger partial charge in [-0.1, -0.05) is 23.7 Å².